The van der Waals surface area contributed by atoms with E-state index < -0.39 is 0 Å². The Kier molecular flexibility index (Phi) is 1.85. The maximum Gasteiger partial charge on any atom is 0.127 e. The van der Waals surface area contributed by atoms with Crippen LogP contribution in [0.25, 0.3) is 5.52 Å². The molecule has 2 heterocycles. The second kappa shape index (κ2) is 3.01. The Morgan fingerprint density at radius 1 is 1.62 bits per heavy atom. The van der Waals surface area contributed by atoms with Gasteiger partial charge in [-0.2, -0.15) is 0 Å². The topological polar surface area (TPSA) is 34.4 Å². The van der Waals surface area contributed by atoms with Crippen LogP contribution in [0.4, 0.5) is 0 Å². The number of aryl methyl sites for hydroxylation is 1. The quantitative estimate of drug-likeness (QED) is 0.645. The summed E-state index contributed by atoms with van der Waals surface area (Å²) in [5.74, 6) is 0.800. The van der Waals surface area contributed by atoms with Crippen molar-refractivity contribution in [1.29, 1.82) is 0 Å². The van der Waals surface area contributed by atoms with Crippen molar-refractivity contribution < 1.29 is 4.79 Å². The number of carbonyl (C=O) groups is 1. The van der Waals surface area contributed by atoms with Crippen molar-refractivity contribution in [2.75, 3.05) is 0 Å². The number of pyridine rings is 1. The summed E-state index contributed by atoms with van der Waals surface area (Å²) in [5, 5.41) is 0. The molecule has 13 heavy (non-hydrogen) atoms. The third-order valence-corrected chi connectivity index (χ3v) is 2.12. The molecule has 3 nitrogen and oxygen atoms in total. The van der Waals surface area contributed by atoms with Gasteiger partial charge in [-0.1, -0.05) is 6.07 Å². The highest BCUT2D eigenvalue weighted by Gasteiger charge is 2.02. The van der Waals surface area contributed by atoms with Gasteiger partial charge in [0.25, 0.3) is 0 Å². The van der Waals surface area contributed by atoms with Crippen LogP contribution in [0.5, 0.6) is 0 Å². The van der Waals surface area contributed by atoms with Crippen LogP contribution in [0.3, 0.4) is 0 Å². The maximum atomic E-state index is 10.3. The first kappa shape index (κ1) is 7.98. The molecule has 0 N–H and O–H groups in total. The van der Waals surface area contributed by atoms with Crippen molar-refractivity contribution in [3.8, 4) is 0 Å². The van der Waals surface area contributed by atoms with Crippen LogP contribution >= 0.6 is 0 Å². The summed E-state index contributed by atoms with van der Waals surface area (Å²) in [7, 11) is 0. The summed E-state index contributed by atoms with van der Waals surface area (Å²) in [6.45, 7) is 2.03. The highest BCUT2D eigenvalue weighted by molar-refractivity contribution is 5.57. The van der Waals surface area contributed by atoms with Gasteiger partial charge in [-0.15, -0.1) is 0 Å². The molecule has 0 unspecified atom stereocenters. The number of hydrogen-bond acceptors (Lipinski definition) is 2. The molecule has 66 valence electrons. The van der Waals surface area contributed by atoms with Crippen LogP contribution in [0.1, 0.15) is 11.4 Å². The van der Waals surface area contributed by atoms with Crippen molar-refractivity contribution in [2.24, 2.45) is 0 Å². The van der Waals surface area contributed by atoms with E-state index in [9.17, 15) is 4.79 Å². The molecule has 0 saturated heterocycles. The minimum atomic E-state index is 0.373. The predicted octanol–water partition coefficient (Wildman–Crippen LogP) is 1.38. The fourth-order valence-electron chi connectivity index (χ4n) is 1.44. The van der Waals surface area contributed by atoms with Crippen molar-refractivity contribution in [1.82, 2.24) is 9.38 Å². The number of fused-ring (bicyclic) bond motifs is 1. The van der Waals surface area contributed by atoms with Gasteiger partial charge in [-0.25, -0.2) is 4.98 Å². The molecule has 0 radical (unpaired) electrons. The standard InChI is InChI=1S/C10H10N2O/c1-8-3-2-5-12-9(8)7-11-10(12)4-6-13/h2-3,5-7H,4H2,1H3. The zero-order valence-corrected chi connectivity index (χ0v) is 7.40. The van der Waals surface area contributed by atoms with Crippen LogP contribution in [-0.2, 0) is 11.2 Å². The summed E-state index contributed by atoms with van der Waals surface area (Å²) in [5.41, 5.74) is 2.24. The number of hydrogen-bond donors (Lipinski definition) is 0. The van der Waals surface area contributed by atoms with Gasteiger partial charge in [-0.3, -0.25) is 0 Å². The molecule has 0 spiro atoms. The number of rotatable bonds is 2. The molecule has 2 aromatic rings. The van der Waals surface area contributed by atoms with Gasteiger partial charge in [0, 0.05) is 6.20 Å². The third kappa shape index (κ3) is 1.22. The Labute approximate surface area is 76.0 Å². The zero-order chi connectivity index (χ0) is 9.26. The Hall–Kier alpha value is -1.64. The molecular weight excluding hydrogens is 164 g/mol. The van der Waals surface area contributed by atoms with Gasteiger partial charge in [0.2, 0.25) is 0 Å². The Balaban J connectivity index is 2.67. The number of nitrogens with zero attached hydrogens (tertiary/aromatic N) is 2. The molecule has 0 aliphatic rings. The average molecular weight is 174 g/mol. The molecular formula is C10H10N2O. The molecule has 0 aliphatic heterocycles. The summed E-state index contributed by atoms with van der Waals surface area (Å²) >= 11 is 0. The SMILES string of the molecule is Cc1cccn2c(CC=O)ncc12. The Morgan fingerprint density at radius 3 is 3.23 bits per heavy atom. The predicted molar refractivity (Wildman–Crippen MR) is 49.7 cm³/mol. The lowest BCUT2D eigenvalue weighted by atomic mass is 10.2. The van der Waals surface area contributed by atoms with Crippen molar-refractivity contribution in [3.63, 3.8) is 0 Å². The lowest BCUT2D eigenvalue weighted by Crippen LogP contribution is -1.95. The molecule has 0 fully saturated rings. The van der Waals surface area contributed by atoms with E-state index in [1.165, 1.54) is 5.56 Å². The minimum Gasteiger partial charge on any atom is -0.303 e. The normalized spacial score (nSPS) is 10.5. The van der Waals surface area contributed by atoms with Crippen molar-refractivity contribution >= 4 is 11.8 Å². The fourth-order valence-corrected chi connectivity index (χ4v) is 1.44. The second-order valence-electron chi connectivity index (χ2n) is 2.99. The molecule has 3 heteroatoms. The Morgan fingerprint density at radius 2 is 2.46 bits per heavy atom. The third-order valence-electron chi connectivity index (χ3n) is 2.12. The van der Waals surface area contributed by atoms with Gasteiger partial charge in [0.1, 0.15) is 12.1 Å². The van der Waals surface area contributed by atoms with E-state index in [0.717, 1.165) is 17.6 Å². The molecule has 0 saturated carbocycles. The number of imidazole rings is 1. The number of aldehydes is 1. The van der Waals surface area contributed by atoms with E-state index in [-0.39, 0.29) is 0 Å². The molecule has 0 aromatic carbocycles. The molecule has 0 bridgehead atoms. The van der Waals surface area contributed by atoms with E-state index in [0.29, 0.717) is 6.42 Å². The van der Waals surface area contributed by atoms with Gasteiger partial charge < -0.3 is 9.20 Å². The summed E-state index contributed by atoms with van der Waals surface area (Å²) in [6.07, 6.45) is 4.97. The molecule has 2 aromatic heterocycles. The highest BCUT2D eigenvalue weighted by Crippen LogP contribution is 2.11. The van der Waals surface area contributed by atoms with Crippen molar-refractivity contribution in [2.45, 2.75) is 13.3 Å². The van der Waals surface area contributed by atoms with Gasteiger partial charge in [0.05, 0.1) is 18.1 Å². The first-order valence-electron chi connectivity index (χ1n) is 4.18. The molecule has 2 rings (SSSR count). The Bertz CT molecular complexity index is 445. The van der Waals surface area contributed by atoms with Crippen LogP contribution in [-0.4, -0.2) is 15.7 Å². The maximum absolute atomic E-state index is 10.3. The smallest absolute Gasteiger partial charge is 0.127 e. The van der Waals surface area contributed by atoms with E-state index in [1.54, 1.807) is 6.20 Å². The summed E-state index contributed by atoms with van der Waals surface area (Å²) in [6, 6.07) is 3.99. The lowest BCUT2D eigenvalue weighted by Gasteiger charge is -1.98. The first-order chi connectivity index (χ1) is 6.33. The molecule has 0 amide bonds. The van der Waals surface area contributed by atoms with Crippen LogP contribution in [0, 0.1) is 6.92 Å². The van der Waals surface area contributed by atoms with Gasteiger partial charge >= 0.3 is 0 Å². The lowest BCUT2D eigenvalue weighted by molar-refractivity contribution is -0.107. The number of carbonyl (C=O) groups excluding carboxylic acids is 1. The van der Waals surface area contributed by atoms with Crippen LogP contribution < -0.4 is 0 Å². The van der Waals surface area contributed by atoms with Crippen LogP contribution in [0.2, 0.25) is 0 Å². The van der Waals surface area contributed by atoms with E-state index in [2.05, 4.69) is 4.98 Å². The molecule has 0 atom stereocenters. The minimum absolute atomic E-state index is 0.373. The first-order valence-corrected chi connectivity index (χ1v) is 4.18. The highest BCUT2D eigenvalue weighted by atomic mass is 16.1. The number of aromatic nitrogens is 2. The molecule has 0 aliphatic carbocycles. The summed E-state index contributed by atoms with van der Waals surface area (Å²) < 4.78 is 1.95. The van der Waals surface area contributed by atoms with Crippen molar-refractivity contribution in [3.05, 3.63) is 35.9 Å². The zero-order valence-electron chi connectivity index (χ0n) is 7.40. The van der Waals surface area contributed by atoms with E-state index in [1.807, 2.05) is 29.7 Å². The average Bonchev–Trinajstić information content (AvgIpc) is 2.51. The summed E-state index contributed by atoms with van der Waals surface area (Å²) in [4.78, 5) is 14.5. The second-order valence-corrected chi connectivity index (χ2v) is 2.99. The van der Waals surface area contributed by atoms with Crippen LogP contribution in [0.15, 0.2) is 24.5 Å². The van der Waals surface area contributed by atoms with Gasteiger partial charge in [0.15, 0.2) is 0 Å². The van der Waals surface area contributed by atoms with E-state index >= 15 is 0 Å². The van der Waals surface area contributed by atoms with Gasteiger partial charge in [-0.05, 0) is 18.6 Å². The fraction of sp³-hybridized carbons (Fsp3) is 0.200. The van der Waals surface area contributed by atoms with E-state index in [4.69, 9.17) is 0 Å². The largest absolute Gasteiger partial charge is 0.303 e. The monoisotopic (exact) mass is 174 g/mol.